The zero-order chi connectivity index (χ0) is 13.8. The summed E-state index contributed by atoms with van der Waals surface area (Å²) in [5, 5.41) is 10.4. The summed E-state index contributed by atoms with van der Waals surface area (Å²) in [6.07, 6.45) is 0.627. The van der Waals surface area contributed by atoms with Crippen molar-refractivity contribution >= 4 is 17.4 Å². The van der Waals surface area contributed by atoms with E-state index in [1.807, 2.05) is 11.8 Å². The van der Waals surface area contributed by atoms with E-state index < -0.39 is 0 Å². The summed E-state index contributed by atoms with van der Waals surface area (Å²) in [7, 11) is 0. The number of aliphatic hydroxyl groups excluding tert-OH is 1. The monoisotopic (exact) mass is 285 g/mol. The van der Waals surface area contributed by atoms with Gasteiger partial charge in [-0.1, -0.05) is 18.5 Å². The number of aromatic nitrogens is 2. The number of ether oxygens (including phenoxy) is 1. The van der Waals surface area contributed by atoms with Crippen LogP contribution in [0, 0.1) is 5.92 Å². The van der Waals surface area contributed by atoms with Gasteiger partial charge in [-0.3, -0.25) is 0 Å². The fourth-order valence-corrected chi connectivity index (χ4v) is 2.32. The van der Waals surface area contributed by atoms with Crippen molar-refractivity contribution in [1.29, 1.82) is 0 Å². The van der Waals surface area contributed by atoms with Gasteiger partial charge >= 0.3 is 0 Å². The van der Waals surface area contributed by atoms with Gasteiger partial charge in [0.2, 0.25) is 0 Å². The number of rotatable bonds is 4. The Morgan fingerprint density at radius 2 is 2.32 bits per heavy atom. The lowest BCUT2D eigenvalue weighted by Gasteiger charge is -2.35. The van der Waals surface area contributed by atoms with Crippen molar-refractivity contribution in [3.63, 3.8) is 0 Å². The average molecular weight is 286 g/mol. The fraction of sp³-hybridized carbons (Fsp3) is 0.692. The molecule has 0 bridgehead atoms. The molecule has 2 unspecified atom stereocenters. The third-order valence-electron chi connectivity index (χ3n) is 3.41. The number of hydrogen-bond donors (Lipinski definition) is 1. The third kappa shape index (κ3) is 3.78. The Morgan fingerprint density at radius 3 is 3.00 bits per heavy atom. The predicted molar refractivity (Wildman–Crippen MR) is 74.4 cm³/mol. The van der Waals surface area contributed by atoms with Crippen molar-refractivity contribution in [1.82, 2.24) is 9.97 Å². The van der Waals surface area contributed by atoms with Crippen LogP contribution in [-0.4, -0.2) is 40.9 Å². The van der Waals surface area contributed by atoms with Crippen LogP contribution in [0.15, 0.2) is 6.07 Å². The number of β-amino-alcohol motifs (C(OH)–C–C–N with tert-alkyl or cyclic N) is 1. The lowest BCUT2D eigenvalue weighted by Crippen LogP contribution is -2.43. The highest BCUT2D eigenvalue weighted by Crippen LogP contribution is 2.23. The van der Waals surface area contributed by atoms with Crippen molar-refractivity contribution < 1.29 is 9.84 Å². The van der Waals surface area contributed by atoms with E-state index in [-0.39, 0.29) is 6.10 Å². The second kappa shape index (κ2) is 6.50. The number of hydrogen-bond acceptors (Lipinski definition) is 5. The molecule has 0 aliphatic carbocycles. The molecular formula is C13H20ClN3O2. The highest BCUT2D eigenvalue weighted by molar-refractivity contribution is 6.29. The molecule has 2 heterocycles. The smallest absolute Gasteiger partial charge is 0.158 e. The molecule has 0 saturated carbocycles. The summed E-state index contributed by atoms with van der Waals surface area (Å²) in [6.45, 7) is 6.42. The number of halogens is 1. The van der Waals surface area contributed by atoms with E-state index in [0.29, 0.717) is 36.7 Å². The number of piperidine rings is 1. The van der Waals surface area contributed by atoms with E-state index in [1.165, 1.54) is 0 Å². The lowest BCUT2D eigenvalue weighted by molar-refractivity contribution is 0.102. The molecule has 106 valence electrons. The second-order valence-electron chi connectivity index (χ2n) is 4.88. The molecule has 0 amide bonds. The van der Waals surface area contributed by atoms with E-state index in [1.54, 1.807) is 6.07 Å². The van der Waals surface area contributed by atoms with Crippen LogP contribution in [-0.2, 0) is 11.3 Å². The van der Waals surface area contributed by atoms with Crippen molar-refractivity contribution in [2.24, 2.45) is 5.92 Å². The Hall–Kier alpha value is -0.910. The van der Waals surface area contributed by atoms with Gasteiger partial charge in [-0.2, -0.15) is 0 Å². The molecule has 0 radical (unpaired) electrons. The highest BCUT2D eigenvalue weighted by atomic mass is 35.5. The molecule has 19 heavy (non-hydrogen) atoms. The average Bonchev–Trinajstić information content (AvgIpc) is 2.39. The first-order chi connectivity index (χ1) is 9.10. The number of nitrogens with zero attached hydrogens (tertiary/aromatic N) is 3. The van der Waals surface area contributed by atoms with Gasteiger partial charge in [0.25, 0.3) is 0 Å². The molecule has 0 aromatic carbocycles. The van der Waals surface area contributed by atoms with E-state index in [9.17, 15) is 5.11 Å². The summed E-state index contributed by atoms with van der Waals surface area (Å²) in [5.74, 6) is 1.68. The molecule has 1 aromatic rings. The molecule has 1 saturated heterocycles. The first kappa shape index (κ1) is 14.5. The summed E-state index contributed by atoms with van der Waals surface area (Å²) >= 11 is 6.02. The maximum Gasteiger partial charge on any atom is 0.158 e. The summed E-state index contributed by atoms with van der Waals surface area (Å²) in [5.41, 5.74) is 0. The van der Waals surface area contributed by atoms with E-state index in [4.69, 9.17) is 16.3 Å². The Kier molecular flexibility index (Phi) is 4.96. The van der Waals surface area contributed by atoms with Crippen LogP contribution in [0.4, 0.5) is 5.82 Å². The molecule has 1 aromatic heterocycles. The van der Waals surface area contributed by atoms with Crippen LogP contribution in [0.2, 0.25) is 5.15 Å². The van der Waals surface area contributed by atoms with Gasteiger partial charge in [0.05, 0.1) is 6.10 Å². The molecule has 2 rings (SSSR count). The Bertz CT molecular complexity index is 430. The Balaban J connectivity index is 2.13. The molecule has 1 aliphatic rings. The van der Waals surface area contributed by atoms with Crippen LogP contribution in [0.25, 0.3) is 0 Å². The van der Waals surface area contributed by atoms with Crippen LogP contribution in [0.5, 0.6) is 0 Å². The lowest BCUT2D eigenvalue weighted by atomic mass is 9.96. The molecule has 5 nitrogen and oxygen atoms in total. The van der Waals surface area contributed by atoms with Gasteiger partial charge in [0.1, 0.15) is 17.6 Å². The molecule has 2 atom stereocenters. The van der Waals surface area contributed by atoms with Crippen molar-refractivity contribution in [2.75, 3.05) is 24.6 Å². The first-order valence-corrected chi connectivity index (χ1v) is 7.02. The molecule has 0 spiro atoms. The zero-order valence-electron chi connectivity index (χ0n) is 11.3. The normalized spacial score (nSPS) is 23.7. The molecule has 1 aliphatic heterocycles. The van der Waals surface area contributed by atoms with Crippen LogP contribution in [0.3, 0.4) is 0 Å². The summed E-state index contributed by atoms with van der Waals surface area (Å²) < 4.78 is 5.30. The van der Waals surface area contributed by atoms with Gasteiger partial charge < -0.3 is 14.7 Å². The zero-order valence-corrected chi connectivity index (χ0v) is 12.1. The minimum Gasteiger partial charge on any atom is -0.391 e. The largest absolute Gasteiger partial charge is 0.391 e. The molecule has 1 N–H and O–H groups in total. The maximum absolute atomic E-state index is 9.95. The van der Waals surface area contributed by atoms with Gasteiger partial charge in [-0.25, -0.2) is 9.97 Å². The minimum absolute atomic E-state index is 0.321. The predicted octanol–water partition coefficient (Wildman–Crippen LogP) is 1.87. The van der Waals surface area contributed by atoms with Crippen LogP contribution in [0.1, 0.15) is 26.1 Å². The number of aliphatic hydroxyl groups is 1. The van der Waals surface area contributed by atoms with Crippen molar-refractivity contribution in [3.05, 3.63) is 17.0 Å². The Labute approximate surface area is 118 Å². The van der Waals surface area contributed by atoms with Crippen molar-refractivity contribution in [2.45, 2.75) is 33.0 Å². The quantitative estimate of drug-likeness (QED) is 0.856. The SMILES string of the molecule is CCOCc1nc(Cl)cc(N2CCC(C)C(O)C2)n1. The van der Waals surface area contributed by atoms with E-state index in [2.05, 4.69) is 16.9 Å². The van der Waals surface area contributed by atoms with Gasteiger partial charge in [-0.15, -0.1) is 0 Å². The standard InChI is InChI=1S/C13H20ClN3O2/c1-3-19-8-12-15-11(14)6-13(16-12)17-5-4-9(2)10(18)7-17/h6,9-10,18H,3-5,7-8H2,1-2H3. The second-order valence-corrected chi connectivity index (χ2v) is 5.27. The molecule has 6 heteroatoms. The van der Waals surface area contributed by atoms with Gasteiger partial charge in [0, 0.05) is 25.8 Å². The fourth-order valence-electron chi connectivity index (χ4n) is 2.13. The first-order valence-electron chi connectivity index (χ1n) is 6.64. The van der Waals surface area contributed by atoms with Crippen LogP contribution < -0.4 is 4.90 Å². The van der Waals surface area contributed by atoms with Crippen molar-refractivity contribution in [3.8, 4) is 0 Å². The van der Waals surface area contributed by atoms with E-state index >= 15 is 0 Å². The topological polar surface area (TPSA) is 58.5 Å². The van der Waals surface area contributed by atoms with E-state index in [0.717, 1.165) is 18.8 Å². The van der Waals surface area contributed by atoms with Gasteiger partial charge in [-0.05, 0) is 19.3 Å². The maximum atomic E-state index is 9.95. The van der Waals surface area contributed by atoms with Crippen LogP contribution >= 0.6 is 11.6 Å². The summed E-state index contributed by atoms with van der Waals surface area (Å²) in [4.78, 5) is 10.6. The minimum atomic E-state index is -0.321. The molecule has 1 fully saturated rings. The Morgan fingerprint density at radius 1 is 1.53 bits per heavy atom. The summed E-state index contributed by atoms with van der Waals surface area (Å²) in [6, 6.07) is 1.74. The highest BCUT2D eigenvalue weighted by Gasteiger charge is 2.25. The molecular weight excluding hydrogens is 266 g/mol. The number of anilines is 1. The third-order valence-corrected chi connectivity index (χ3v) is 3.60. The van der Waals surface area contributed by atoms with Gasteiger partial charge in [0.15, 0.2) is 5.82 Å².